The van der Waals surface area contributed by atoms with Gasteiger partial charge in [0.2, 0.25) is 17.5 Å². The lowest BCUT2D eigenvalue weighted by Crippen LogP contribution is -2.04. The Balaban J connectivity index is 1.34. The van der Waals surface area contributed by atoms with Gasteiger partial charge in [0.15, 0.2) is 0 Å². The maximum Gasteiger partial charge on any atom is 0.227 e. The molecule has 0 aliphatic heterocycles. The lowest BCUT2D eigenvalue weighted by molar-refractivity contribution is 0.368. The van der Waals surface area contributed by atoms with E-state index < -0.39 is 0 Å². The van der Waals surface area contributed by atoms with Crippen molar-refractivity contribution in [3.8, 4) is 22.9 Å². The zero-order chi connectivity index (χ0) is 17.8. The van der Waals surface area contributed by atoms with Crippen LogP contribution in [0.3, 0.4) is 0 Å². The number of hydrogen-bond donors (Lipinski definition) is 0. The summed E-state index contributed by atoms with van der Waals surface area (Å²) >= 11 is 0. The number of nitrogens with zero attached hydrogens (tertiary/aromatic N) is 8. The number of benzene rings is 1. The molecule has 4 aromatic rings. The van der Waals surface area contributed by atoms with Gasteiger partial charge in [-0.1, -0.05) is 5.16 Å². The number of tetrazole rings is 1. The van der Waals surface area contributed by atoms with Gasteiger partial charge in [0, 0.05) is 18.2 Å². The molecule has 0 radical (unpaired) electrons. The van der Waals surface area contributed by atoms with Crippen LogP contribution < -0.4 is 0 Å². The molecule has 0 aliphatic rings. The van der Waals surface area contributed by atoms with Gasteiger partial charge >= 0.3 is 0 Å². The molecule has 0 N–H and O–H groups in total. The summed E-state index contributed by atoms with van der Waals surface area (Å²) in [6.07, 6.45) is 2.85. The largest absolute Gasteiger partial charge is 0.339 e. The quantitative estimate of drug-likeness (QED) is 0.518. The molecule has 0 atom stereocenters. The first-order valence-electron chi connectivity index (χ1n) is 7.92. The van der Waals surface area contributed by atoms with Gasteiger partial charge in [-0.3, -0.25) is 0 Å². The zero-order valence-corrected chi connectivity index (χ0v) is 13.5. The maximum absolute atomic E-state index is 13.0. The molecular weight excluding hydrogens is 339 g/mol. The van der Waals surface area contributed by atoms with Crippen molar-refractivity contribution in [1.82, 2.24) is 40.5 Å². The van der Waals surface area contributed by atoms with Crippen molar-refractivity contribution in [1.29, 1.82) is 0 Å². The van der Waals surface area contributed by atoms with E-state index in [0.29, 0.717) is 48.2 Å². The molecule has 9 nitrogen and oxygen atoms in total. The summed E-state index contributed by atoms with van der Waals surface area (Å²) in [5.74, 6) is 1.06. The second kappa shape index (κ2) is 7.13. The third-order valence-electron chi connectivity index (χ3n) is 3.57. The standard InChI is InChI=1S/C16H13FN8O/c17-12-7-5-11(6-8-12)15-21-24-25(22-15)10-2-4-14-19-16(23-26-14)13-3-1-9-18-20-13/h1,3,5-9H,2,4,10H2. The monoisotopic (exact) mass is 352 g/mol. The van der Waals surface area contributed by atoms with Crippen LogP contribution in [0.4, 0.5) is 4.39 Å². The third kappa shape index (κ3) is 3.58. The van der Waals surface area contributed by atoms with Crippen LogP contribution in [0.5, 0.6) is 0 Å². The van der Waals surface area contributed by atoms with Crippen molar-refractivity contribution in [3.05, 3.63) is 54.3 Å². The minimum atomic E-state index is -0.304. The second-order valence-electron chi connectivity index (χ2n) is 5.44. The summed E-state index contributed by atoms with van der Waals surface area (Å²) in [5.41, 5.74) is 1.27. The molecule has 0 amide bonds. The highest BCUT2D eigenvalue weighted by molar-refractivity contribution is 5.53. The number of rotatable bonds is 6. The molecule has 10 heteroatoms. The fourth-order valence-corrected chi connectivity index (χ4v) is 2.31. The van der Waals surface area contributed by atoms with Crippen LogP contribution in [0, 0.1) is 5.82 Å². The summed E-state index contributed by atoms with van der Waals surface area (Å²) in [7, 11) is 0. The minimum absolute atomic E-state index is 0.304. The van der Waals surface area contributed by atoms with Gasteiger partial charge in [0.1, 0.15) is 11.5 Å². The molecule has 4 rings (SSSR count). The highest BCUT2D eigenvalue weighted by atomic mass is 19.1. The van der Waals surface area contributed by atoms with Crippen molar-refractivity contribution in [3.63, 3.8) is 0 Å². The van der Waals surface area contributed by atoms with E-state index in [0.717, 1.165) is 0 Å². The second-order valence-corrected chi connectivity index (χ2v) is 5.44. The Bertz CT molecular complexity index is 983. The van der Waals surface area contributed by atoms with Crippen LogP contribution >= 0.6 is 0 Å². The van der Waals surface area contributed by atoms with Gasteiger partial charge in [-0.05, 0) is 48.0 Å². The Hall–Kier alpha value is -3.56. The van der Waals surface area contributed by atoms with Crippen LogP contribution in [0.2, 0.25) is 0 Å². The van der Waals surface area contributed by atoms with E-state index in [1.807, 2.05) is 0 Å². The number of aromatic nitrogens is 8. The summed E-state index contributed by atoms with van der Waals surface area (Å²) < 4.78 is 18.2. The van der Waals surface area contributed by atoms with E-state index >= 15 is 0 Å². The van der Waals surface area contributed by atoms with Crippen molar-refractivity contribution in [2.45, 2.75) is 19.4 Å². The van der Waals surface area contributed by atoms with E-state index in [4.69, 9.17) is 4.52 Å². The molecule has 26 heavy (non-hydrogen) atoms. The molecule has 0 unspecified atom stereocenters. The molecule has 0 saturated heterocycles. The normalized spacial score (nSPS) is 11.0. The van der Waals surface area contributed by atoms with Gasteiger partial charge in [0.05, 0.1) is 6.54 Å². The van der Waals surface area contributed by atoms with E-state index in [2.05, 4.69) is 35.7 Å². The van der Waals surface area contributed by atoms with E-state index in [1.54, 1.807) is 30.5 Å². The molecule has 1 aromatic carbocycles. The van der Waals surface area contributed by atoms with Crippen LogP contribution in [0.15, 0.2) is 47.1 Å². The molecule has 3 aromatic heterocycles. The van der Waals surface area contributed by atoms with Gasteiger partial charge in [-0.25, -0.2) is 4.39 Å². The van der Waals surface area contributed by atoms with Crippen LogP contribution in [-0.2, 0) is 13.0 Å². The molecule has 0 saturated carbocycles. The van der Waals surface area contributed by atoms with Gasteiger partial charge in [-0.2, -0.15) is 14.9 Å². The predicted molar refractivity (Wildman–Crippen MR) is 86.9 cm³/mol. The number of aryl methyl sites for hydroxylation is 2. The first kappa shape index (κ1) is 15.9. The summed E-state index contributed by atoms with van der Waals surface area (Å²) in [5, 5.41) is 23.9. The molecule has 130 valence electrons. The van der Waals surface area contributed by atoms with Crippen molar-refractivity contribution >= 4 is 0 Å². The lowest BCUT2D eigenvalue weighted by atomic mass is 10.2. The van der Waals surface area contributed by atoms with E-state index in [9.17, 15) is 4.39 Å². The van der Waals surface area contributed by atoms with Crippen molar-refractivity contribution in [2.75, 3.05) is 0 Å². The minimum Gasteiger partial charge on any atom is -0.339 e. The third-order valence-corrected chi connectivity index (χ3v) is 3.57. The van der Waals surface area contributed by atoms with Gasteiger partial charge in [-0.15, -0.1) is 15.3 Å². The molecule has 0 aliphatic carbocycles. The van der Waals surface area contributed by atoms with Crippen LogP contribution in [0.25, 0.3) is 22.9 Å². The molecular formula is C16H13FN8O. The predicted octanol–water partition coefficient (Wildman–Crippen LogP) is 1.95. The van der Waals surface area contributed by atoms with Gasteiger partial charge in [0.25, 0.3) is 0 Å². The number of halogens is 1. The van der Waals surface area contributed by atoms with Crippen LogP contribution in [-0.4, -0.2) is 40.5 Å². The SMILES string of the molecule is Fc1ccc(-c2nnn(CCCc3nc(-c4cccnn4)no3)n2)cc1. The molecule has 0 bridgehead atoms. The van der Waals surface area contributed by atoms with Crippen LogP contribution in [0.1, 0.15) is 12.3 Å². The van der Waals surface area contributed by atoms with Gasteiger partial charge < -0.3 is 4.52 Å². The summed E-state index contributed by atoms with van der Waals surface area (Å²) in [6, 6.07) is 9.47. The first-order chi connectivity index (χ1) is 12.8. The topological polar surface area (TPSA) is 108 Å². The zero-order valence-electron chi connectivity index (χ0n) is 13.5. The highest BCUT2D eigenvalue weighted by Gasteiger charge is 2.10. The van der Waals surface area contributed by atoms with Crippen molar-refractivity contribution in [2.24, 2.45) is 0 Å². The van der Waals surface area contributed by atoms with E-state index in [-0.39, 0.29) is 5.82 Å². The summed E-state index contributed by atoms with van der Waals surface area (Å²) in [4.78, 5) is 5.78. The number of hydrogen-bond acceptors (Lipinski definition) is 8. The molecule has 3 heterocycles. The highest BCUT2D eigenvalue weighted by Crippen LogP contribution is 2.14. The average molecular weight is 352 g/mol. The lowest BCUT2D eigenvalue weighted by Gasteiger charge is -1.96. The average Bonchev–Trinajstić information content (AvgIpc) is 3.33. The summed E-state index contributed by atoms with van der Waals surface area (Å²) in [6.45, 7) is 0.539. The first-order valence-corrected chi connectivity index (χ1v) is 7.92. The fourth-order valence-electron chi connectivity index (χ4n) is 2.31. The Morgan fingerprint density at radius 2 is 1.92 bits per heavy atom. The fraction of sp³-hybridized carbons (Fsp3) is 0.188. The smallest absolute Gasteiger partial charge is 0.227 e. The Labute approximate surface area is 146 Å². The maximum atomic E-state index is 13.0. The Morgan fingerprint density at radius 3 is 2.73 bits per heavy atom. The molecule has 0 fully saturated rings. The van der Waals surface area contributed by atoms with Crippen molar-refractivity contribution < 1.29 is 8.91 Å². The van der Waals surface area contributed by atoms with E-state index in [1.165, 1.54) is 16.9 Å². The Morgan fingerprint density at radius 1 is 1.04 bits per heavy atom. The molecule has 0 spiro atoms. The Kier molecular flexibility index (Phi) is 4.37.